The zero-order valence-corrected chi connectivity index (χ0v) is 5.74. The van der Waals surface area contributed by atoms with Crippen molar-refractivity contribution in [3.63, 3.8) is 0 Å². The molecule has 56 valence electrons. The van der Waals surface area contributed by atoms with E-state index in [0.717, 1.165) is 0 Å². The lowest BCUT2D eigenvalue weighted by Gasteiger charge is -1.90. The minimum atomic E-state index is 0.139. The van der Waals surface area contributed by atoms with E-state index in [1.807, 2.05) is 0 Å². The standard InChI is InChI=1S/C8H7NO2/c10-8-6(3-4-9-8)7-2-1-5-11-7/h1-5,9-10H. The van der Waals surface area contributed by atoms with Gasteiger partial charge in [-0.3, -0.25) is 0 Å². The van der Waals surface area contributed by atoms with E-state index in [4.69, 9.17) is 4.42 Å². The number of nitrogens with one attached hydrogen (secondary N) is 1. The summed E-state index contributed by atoms with van der Waals surface area (Å²) in [5.41, 5.74) is 0.690. The predicted molar refractivity (Wildman–Crippen MR) is 40.2 cm³/mol. The van der Waals surface area contributed by atoms with Crippen LogP contribution in [0.15, 0.2) is 35.1 Å². The second kappa shape index (κ2) is 2.20. The summed E-state index contributed by atoms with van der Waals surface area (Å²) in [6, 6.07) is 5.33. The van der Waals surface area contributed by atoms with E-state index in [0.29, 0.717) is 11.3 Å². The number of hydrogen-bond donors (Lipinski definition) is 2. The van der Waals surface area contributed by atoms with Gasteiger partial charge in [0.25, 0.3) is 0 Å². The van der Waals surface area contributed by atoms with Crippen molar-refractivity contribution in [3.8, 4) is 17.2 Å². The smallest absolute Gasteiger partial charge is 0.199 e. The fourth-order valence-electron chi connectivity index (χ4n) is 0.991. The Morgan fingerprint density at radius 1 is 1.36 bits per heavy atom. The number of aromatic hydroxyl groups is 1. The highest BCUT2D eigenvalue weighted by atomic mass is 16.3. The summed E-state index contributed by atoms with van der Waals surface area (Å²) in [5.74, 6) is 0.809. The van der Waals surface area contributed by atoms with Crippen LogP contribution in [0.2, 0.25) is 0 Å². The molecule has 0 aromatic carbocycles. The fraction of sp³-hybridized carbons (Fsp3) is 0. The van der Waals surface area contributed by atoms with Crippen molar-refractivity contribution in [1.29, 1.82) is 0 Å². The van der Waals surface area contributed by atoms with Crippen LogP contribution in [0.1, 0.15) is 0 Å². The van der Waals surface area contributed by atoms with E-state index in [1.165, 1.54) is 0 Å². The summed E-state index contributed by atoms with van der Waals surface area (Å²) >= 11 is 0. The molecule has 0 radical (unpaired) electrons. The molecule has 0 unspecified atom stereocenters. The molecule has 0 amide bonds. The Balaban J connectivity index is 2.53. The summed E-state index contributed by atoms with van der Waals surface area (Å²) in [6.07, 6.45) is 3.23. The molecule has 3 heteroatoms. The van der Waals surface area contributed by atoms with Gasteiger partial charge in [0.1, 0.15) is 5.76 Å². The summed E-state index contributed by atoms with van der Waals surface area (Å²) in [6.45, 7) is 0. The van der Waals surface area contributed by atoms with E-state index < -0.39 is 0 Å². The summed E-state index contributed by atoms with van der Waals surface area (Å²) in [7, 11) is 0. The third kappa shape index (κ3) is 0.902. The van der Waals surface area contributed by atoms with Crippen molar-refractivity contribution in [3.05, 3.63) is 30.7 Å². The van der Waals surface area contributed by atoms with E-state index in [-0.39, 0.29) is 5.88 Å². The topological polar surface area (TPSA) is 49.2 Å². The van der Waals surface area contributed by atoms with Crippen LogP contribution in [0.5, 0.6) is 5.88 Å². The summed E-state index contributed by atoms with van der Waals surface area (Å²) < 4.78 is 5.08. The summed E-state index contributed by atoms with van der Waals surface area (Å²) in [4.78, 5) is 2.65. The molecule has 2 N–H and O–H groups in total. The average Bonchev–Trinajstić information content (AvgIpc) is 2.55. The molecular weight excluding hydrogens is 142 g/mol. The lowest BCUT2D eigenvalue weighted by atomic mass is 10.2. The van der Waals surface area contributed by atoms with Gasteiger partial charge in [0.15, 0.2) is 5.88 Å². The molecule has 0 atom stereocenters. The van der Waals surface area contributed by atoms with Crippen molar-refractivity contribution in [1.82, 2.24) is 4.98 Å². The Labute approximate surface area is 63.3 Å². The molecular formula is C8H7NO2. The lowest BCUT2D eigenvalue weighted by molar-refractivity contribution is 0.456. The Kier molecular flexibility index (Phi) is 1.22. The van der Waals surface area contributed by atoms with Crippen molar-refractivity contribution >= 4 is 0 Å². The van der Waals surface area contributed by atoms with Crippen molar-refractivity contribution < 1.29 is 9.52 Å². The van der Waals surface area contributed by atoms with Crippen LogP contribution < -0.4 is 0 Å². The molecule has 0 aliphatic heterocycles. The Hall–Kier alpha value is -1.64. The first-order chi connectivity index (χ1) is 5.38. The van der Waals surface area contributed by atoms with Crippen molar-refractivity contribution in [2.45, 2.75) is 0 Å². The maximum atomic E-state index is 9.21. The van der Waals surface area contributed by atoms with E-state index in [2.05, 4.69) is 4.98 Å². The molecule has 0 bridgehead atoms. The minimum Gasteiger partial charge on any atom is -0.494 e. The van der Waals surface area contributed by atoms with Crippen LogP contribution >= 0.6 is 0 Å². The van der Waals surface area contributed by atoms with E-state index >= 15 is 0 Å². The van der Waals surface area contributed by atoms with Gasteiger partial charge in [0.2, 0.25) is 0 Å². The second-order valence-electron chi connectivity index (χ2n) is 2.22. The predicted octanol–water partition coefficient (Wildman–Crippen LogP) is 1.98. The van der Waals surface area contributed by atoms with Gasteiger partial charge in [-0.25, -0.2) is 0 Å². The molecule has 2 aromatic rings. The van der Waals surface area contributed by atoms with Gasteiger partial charge < -0.3 is 14.5 Å². The number of H-pyrrole nitrogens is 1. The Morgan fingerprint density at radius 2 is 2.27 bits per heavy atom. The first kappa shape index (κ1) is 6.09. The number of aromatic amines is 1. The molecule has 2 aromatic heterocycles. The number of hydrogen-bond acceptors (Lipinski definition) is 2. The normalized spacial score (nSPS) is 10.2. The van der Waals surface area contributed by atoms with Gasteiger partial charge in [-0.05, 0) is 18.2 Å². The van der Waals surface area contributed by atoms with Crippen LogP contribution in [-0.4, -0.2) is 10.1 Å². The van der Waals surface area contributed by atoms with Crippen LogP contribution in [-0.2, 0) is 0 Å². The third-order valence-electron chi connectivity index (χ3n) is 1.51. The highest BCUT2D eigenvalue weighted by Gasteiger charge is 2.05. The average molecular weight is 149 g/mol. The molecule has 0 saturated carbocycles. The van der Waals surface area contributed by atoms with Gasteiger partial charge in [-0.2, -0.15) is 0 Å². The van der Waals surface area contributed by atoms with E-state index in [9.17, 15) is 5.11 Å². The SMILES string of the molecule is Oc1[nH]ccc1-c1ccco1. The molecule has 0 aliphatic carbocycles. The Morgan fingerprint density at radius 3 is 2.82 bits per heavy atom. The molecule has 2 rings (SSSR count). The largest absolute Gasteiger partial charge is 0.494 e. The zero-order chi connectivity index (χ0) is 7.68. The highest BCUT2D eigenvalue weighted by Crippen LogP contribution is 2.27. The number of furan rings is 1. The maximum absolute atomic E-state index is 9.21. The first-order valence-electron chi connectivity index (χ1n) is 3.28. The molecule has 3 nitrogen and oxygen atoms in total. The first-order valence-corrected chi connectivity index (χ1v) is 3.28. The molecule has 11 heavy (non-hydrogen) atoms. The second-order valence-corrected chi connectivity index (χ2v) is 2.22. The quantitative estimate of drug-likeness (QED) is 0.651. The highest BCUT2D eigenvalue weighted by molar-refractivity contribution is 5.62. The van der Waals surface area contributed by atoms with Gasteiger partial charge in [-0.1, -0.05) is 0 Å². The van der Waals surface area contributed by atoms with Crippen LogP contribution in [0.3, 0.4) is 0 Å². The van der Waals surface area contributed by atoms with Crippen molar-refractivity contribution in [2.75, 3.05) is 0 Å². The number of rotatable bonds is 1. The monoisotopic (exact) mass is 149 g/mol. The van der Waals surface area contributed by atoms with Gasteiger partial charge >= 0.3 is 0 Å². The Bertz CT molecular complexity index is 335. The van der Waals surface area contributed by atoms with Crippen LogP contribution in [0.25, 0.3) is 11.3 Å². The summed E-state index contributed by atoms with van der Waals surface area (Å²) in [5, 5.41) is 9.21. The fourth-order valence-corrected chi connectivity index (χ4v) is 0.991. The molecule has 2 heterocycles. The maximum Gasteiger partial charge on any atom is 0.199 e. The molecule has 0 saturated heterocycles. The molecule has 0 spiro atoms. The van der Waals surface area contributed by atoms with Gasteiger partial charge in [-0.15, -0.1) is 0 Å². The van der Waals surface area contributed by atoms with Gasteiger partial charge in [0, 0.05) is 6.20 Å². The lowest BCUT2D eigenvalue weighted by Crippen LogP contribution is -1.67. The zero-order valence-electron chi connectivity index (χ0n) is 5.74. The van der Waals surface area contributed by atoms with Crippen LogP contribution in [0, 0.1) is 0 Å². The van der Waals surface area contributed by atoms with E-state index in [1.54, 1.807) is 30.7 Å². The van der Waals surface area contributed by atoms with Gasteiger partial charge in [0.05, 0.1) is 11.8 Å². The molecule has 0 fully saturated rings. The third-order valence-corrected chi connectivity index (χ3v) is 1.51. The number of aromatic nitrogens is 1. The van der Waals surface area contributed by atoms with Crippen LogP contribution in [0.4, 0.5) is 0 Å². The minimum absolute atomic E-state index is 0.139. The van der Waals surface area contributed by atoms with Crippen molar-refractivity contribution in [2.24, 2.45) is 0 Å². The molecule has 0 aliphatic rings.